The van der Waals surface area contributed by atoms with Crippen LogP contribution < -0.4 is 0 Å². The molecule has 1 amide bonds. The number of benzene rings is 1. The van der Waals surface area contributed by atoms with Crippen molar-refractivity contribution in [3.8, 4) is 0 Å². The van der Waals surface area contributed by atoms with Crippen molar-refractivity contribution in [3.05, 3.63) is 53.9 Å². The topological polar surface area (TPSA) is 75.4 Å². The van der Waals surface area contributed by atoms with Gasteiger partial charge in [0.1, 0.15) is 0 Å². The van der Waals surface area contributed by atoms with Crippen LogP contribution in [-0.4, -0.2) is 44.8 Å². The molecule has 6 nitrogen and oxygen atoms in total. The molecule has 1 aliphatic heterocycles. The molecule has 0 radical (unpaired) electrons. The lowest BCUT2D eigenvalue weighted by Crippen LogP contribution is -2.45. The summed E-state index contributed by atoms with van der Waals surface area (Å²) in [6.45, 7) is 0.772. The van der Waals surface area contributed by atoms with E-state index in [1.165, 1.54) is 6.20 Å². The van der Waals surface area contributed by atoms with Crippen LogP contribution in [0.2, 0.25) is 0 Å². The number of piperidine rings is 1. The van der Waals surface area contributed by atoms with Gasteiger partial charge in [-0.2, -0.15) is 5.10 Å². The molecule has 1 aliphatic rings. The van der Waals surface area contributed by atoms with E-state index in [9.17, 15) is 14.7 Å². The summed E-state index contributed by atoms with van der Waals surface area (Å²) in [4.78, 5) is 25.8. The number of aliphatic carboxylic acids is 1. The summed E-state index contributed by atoms with van der Waals surface area (Å²) < 4.78 is 1.57. The summed E-state index contributed by atoms with van der Waals surface area (Å²) in [5.74, 6) is -1.53. The van der Waals surface area contributed by atoms with E-state index in [1.54, 1.807) is 22.8 Å². The number of carboxylic acid groups (broad SMARTS) is 1. The van der Waals surface area contributed by atoms with Crippen LogP contribution in [0.1, 0.15) is 28.3 Å². The van der Waals surface area contributed by atoms with Crippen LogP contribution in [0.15, 0.2) is 42.7 Å². The minimum Gasteiger partial charge on any atom is -0.481 e. The monoisotopic (exact) mass is 313 g/mol. The Morgan fingerprint density at radius 1 is 1.22 bits per heavy atom. The van der Waals surface area contributed by atoms with Crippen LogP contribution in [0, 0.1) is 5.92 Å². The minimum absolute atomic E-state index is 0.0340. The van der Waals surface area contributed by atoms with Crippen molar-refractivity contribution in [2.75, 3.05) is 13.1 Å². The summed E-state index contributed by atoms with van der Waals surface area (Å²) in [6.07, 6.45) is 3.73. The SMILES string of the molecule is Cn1cc(C(=O)N2C[C@@H](C(=O)O)C[C@H](c3ccccc3)C2)cn1. The highest BCUT2D eigenvalue weighted by Crippen LogP contribution is 2.31. The molecule has 0 spiro atoms. The molecule has 1 aromatic heterocycles. The van der Waals surface area contributed by atoms with Crippen LogP contribution >= 0.6 is 0 Å². The third kappa shape index (κ3) is 3.26. The smallest absolute Gasteiger partial charge is 0.308 e. The first kappa shape index (κ1) is 15.3. The van der Waals surface area contributed by atoms with Crippen molar-refractivity contribution in [2.45, 2.75) is 12.3 Å². The standard InChI is InChI=1S/C17H19N3O3/c1-19-9-15(8-18-19)16(21)20-10-13(7-14(11-20)17(22)23)12-5-3-2-4-6-12/h2-6,8-9,13-14H,7,10-11H2,1H3,(H,22,23)/t13-,14-/m0/s1. The molecule has 1 fully saturated rings. The van der Waals surface area contributed by atoms with Crippen molar-refractivity contribution >= 4 is 11.9 Å². The normalized spacial score (nSPS) is 21.2. The van der Waals surface area contributed by atoms with Gasteiger partial charge in [-0.1, -0.05) is 30.3 Å². The van der Waals surface area contributed by atoms with E-state index in [1.807, 2.05) is 30.3 Å². The molecule has 120 valence electrons. The van der Waals surface area contributed by atoms with Crippen LogP contribution in [0.3, 0.4) is 0 Å². The van der Waals surface area contributed by atoms with Gasteiger partial charge in [0.2, 0.25) is 0 Å². The van der Waals surface area contributed by atoms with E-state index >= 15 is 0 Å². The lowest BCUT2D eigenvalue weighted by Gasteiger charge is -2.36. The summed E-state index contributed by atoms with van der Waals surface area (Å²) in [6, 6.07) is 9.78. The zero-order chi connectivity index (χ0) is 16.4. The Morgan fingerprint density at radius 2 is 1.96 bits per heavy atom. The van der Waals surface area contributed by atoms with Gasteiger partial charge in [0.15, 0.2) is 0 Å². The van der Waals surface area contributed by atoms with Gasteiger partial charge in [0, 0.05) is 32.3 Å². The number of rotatable bonds is 3. The van der Waals surface area contributed by atoms with Crippen molar-refractivity contribution in [1.82, 2.24) is 14.7 Å². The van der Waals surface area contributed by atoms with Crippen LogP contribution in [0.25, 0.3) is 0 Å². The minimum atomic E-state index is -0.852. The molecule has 2 aromatic rings. The zero-order valence-corrected chi connectivity index (χ0v) is 12.9. The number of carboxylic acids is 1. The van der Waals surface area contributed by atoms with Crippen molar-refractivity contribution in [1.29, 1.82) is 0 Å². The zero-order valence-electron chi connectivity index (χ0n) is 12.9. The van der Waals surface area contributed by atoms with Crippen molar-refractivity contribution in [3.63, 3.8) is 0 Å². The summed E-state index contributed by atoms with van der Waals surface area (Å²) in [7, 11) is 1.75. The summed E-state index contributed by atoms with van der Waals surface area (Å²) in [5.41, 5.74) is 1.56. The second-order valence-corrected chi connectivity index (χ2v) is 5.99. The second kappa shape index (κ2) is 6.24. The molecule has 2 atom stereocenters. The number of nitrogens with zero attached hydrogens (tertiary/aromatic N) is 3. The number of aryl methyl sites for hydroxylation is 1. The molecular formula is C17H19N3O3. The molecule has 23 heavy (non-hydrogen) atoms. The molecule has 0 unspecified atom stereocenters. The highest BCUT2D eigenvalue weighted by molar-refractivity contribution is 5.94. The number of amides is 1. The van der Waals surface area contributed by atoms with Crippen LogP contribution in [-0.2, 0) is 11.8 Å². The van der Waals surface area contributed by atoms with E-state index in [4.69, 9.17) is 0 Å². The number of hydrogen-bond donors (Lipinski definition) is 1. The number of likely N-dealkylation sites (tertiary alicyclic amines) is 1. The van der Waals surface area contributed by atoms with Gasteiger partial charge in [-0.3, -0.25) is 14.3 Å². The molecule has 0 saturated carbocycles. The first-order chi connectivity index (χ1) is 11.0. The fourth-order valence-corrected chi connectivity index (χ4v) is 3.12. The molecule has 3 rings (SSSR count). The first-order valence-electron chi connectivity index (χ1n) is 7.60. The average molecular weight is 313 g/mol. The van der Waals surface area contributed by atoms with Crippen molar-refractivity contribution in [2.24, 2.45) is 13.0 Å². The summed E-state index contributed by atoms with van der Waals surface area (Å²) >= 11 is 0. The molecule has 6 heteroatoms. The van der Waals surface area contributed by atoms with Gasteiger partial charge in [-0.25, -0.2) is 0 Å². The van der Waals surface area contributed by atoms with Crippen LogP contribution in [0.5, 0.6) is 0 Å². The number of hydrogen-bond acceptors (Lipinski definition) is 3. The summed E-state index contributed by atoms with van der Waals surface area (Å²) in [5, 5.41) is 13.4. The Labute approximate surface area is 134 Å². The number of aromatic nitrogens is 2. The maximum atomic E-state index is 12.6. The van der Waals surface area contributed by atoms with Crippen LogP contribution in [0.4, 0.5) is 0 Å². The van der Waals surface area contributed by atoms with E-state index in [0.717, 1.165) is 5.56 Å². The van der Waals surface area contributed by atoms with Gasteiger partial charge in [-0.15, -0.1) is 0 Å². The van der Waals surface area contributed by atoms with E-state index in [2.05, 4.69) is 5.10 Å². The number of carbonyl (C=O) groups excluding carboxylic acids is 1. The van der Waals surface area contributed by atoms with Gasteiger partial charge in [0.25, 0.3) is 5.91 Å². The molecule has 1 saturated heterocycles. The Hall–Kier alpha value is -2.63. The Morgan fingerprint density at radius 3 is 2.57 bits per heavy atom. The number of carbonyl (C=O) groups is 2. The molecule has 2 heterocycles. The predicted octanol–water partition coefficient (Wildman–Crippen LogP) is 1.75. The average Bonchev–Trinajstić information content (AvgIpc) is 3.01. The quantitative estimate of drug-likeness (QED) is 0.936. The van der Waals surface area contributed by atoms with E-state index in [0.29, 0.717) is 18.5 Å². The third-order valence-corrected chi connectivity index (χ3v) is 4.31. The van der Waals surface area contributed by atoms with E-state index in [-0.39, 0.29) is 18.4 Å². The van der Waals surface area contributed by atoms with Crippen molar-refractivity contribution < 1.29 is 14.7 Å². The molecule has 0 aliphatic carbocycles. The van der Waals surface area contributed by atoms with E-state index < -0.39 is 11.9 Å². The fourth-order valence-electron chi connectivity index (χ4n) is 3.12. The van der Waals surface area contributed by atoms with Gasteiger partial charge in [-0.05, 0) is 12.0 Å². The molecule has 1 aromatic carbocycles. The lowest BCUT2D eigenvalue weighted by molar-refractivity contribution is -0.143. The molecule has 0 bridgehead atoms. The maximum Gasteiger partial charge on any atom is 0.308 e. The highest BCUT2D eigenvalue weighted by atomic mass is 16.4. The first-order valence-corrected chi connectivity index (χ1v) is 7.60. The predicted molar refractivity (Wildman–Crippen MR) is 84.0 cm³/mol. The lowest BCUT2D eigenvalue weighted by atomic mass is 9.84. The molecule has 1 N–H and O–H groups in total. The Balaban J connectivity index is 1.84. The van der Waals surface area contributed by atoms with Gasteiger partial charge >= 0.3 is 5.97 Å². The Bertz CT molecular complexity index is 711. The molecular weight excluding hydrogens is 294 g/mol. The van der Waals surface area contributed by atoms with Gasteiger partial charge in [0.05, 0.1) is 17.7 Å². The Kier molecular flexibility index (Phi) is 4.14. The fraction of sp³-hybridized carbons (Fsp3) is 0.353. The second-order valence-electron chi connectivity index (χ2n) is 5.99. The van der Waals surface area contributed by atoms with Gasteiger partial charge < -0.3 is 10.0 Å². The highest BCUT2D eigenvalue weighted by Gasteiger charge is 2.35. The largest absolute Gasteiger partial charge is 0.481 e. The maximum absolute atomic E-state index is 12.6. The third-order valence-electron chi connectivity index (χ3n) is 4.31.